The quantitative estimate of drug-likeness (QED) is 0.468. The fourth-order valence-electron chi connectivity index (χ4n) is 2.41. The average Bonchev–Trinajstić information content (AvgIpc) is 3.04. The lowest BCUT2D eigenvalue weighted by molar-refractivity contribution is 1.08. The van der Waals surface area contributed by atoms with E-state index in [0.29, 0.717) is 16.1 Å². The number of nitrogens with one attached hydrogen (secondary N) is 3. The van der Waals surface area contributed by atoms with Crippen LogP contribution in [0, 0.1) is 4.77 Å². The van der Waals surface area contributed by atoms with Crippen LogP contribution in [0.25, 0.3) is 27.9 Å². The lowest BCUT2D eigenvalue weighted by atomic mass is 10.1. The van der Waals surface area contributed by atoms with E-state index in [1.807, 2.05) is 36.5 Å². The van der Waals surface area contributed by atoms with Gasteiger partial charge in [0, 0.05) is 11.8 Å². The van der Waals surface area contributed by atoms with Crippen molar-refractivity contribution >= 4 is 29.0 Å². The Morgan fingerprint density at radius 2 is 2.00 bits per heavy atom. The Morgan fingerprint density at radius 1 is 1.20 bits per heavy atom. The van der Waals surface area contributed by atoms with Gasteiger partial charge < -0.3 is 4.98 Å². The highest BCUT2D eigenvalue weighted by molar-refractivity contribution is 7.71. The molecule has 0 saturated heterocycles. The first kappa shape index (κ1) is 11.2. The molecule has 4 rings (SSSR count). The molecule has 0 atom stereocenters. The molecule has 1 aromatic carbocycles. The molecule has 0 aliphatic carbocycles. The van der Waals surface area contributed by atoms with Gasteiger partial charge in [-0.2, -0.15) is 0 Å². The second-order valence-corrected chi connectivity index (χ2v) is 4.82. The Hall–Kier alpha value is -2.67. The molecule has 20 heavy (non-hydrogen) atoms. The number of hydrogen-bond donors (Lipinski definition) is 3. The Labute approximate surface area is 117 Å². The number of H-pyrrole nitrogens is 3. The molecule has 3 N–H and O–H groups in total. The van der Waals surface area contributed by atoms with E-state index in [2.05, 4.69) is 20.2 Å². The van der Waals surface area contributed by atoms with E-state index >= 15 is 0 Å². The van der Waals surface area contributed by atoms with Crippen molar-refractivity contribution in [3.8, 4) is 11.1 Å². The van der Waals surface area contributed by atoms with Crippen molar-refractivity contribution in [2.75, 3.05) is 0 Å². The van der Waals surface area contributed by atoms with Crippen LogP contribution >= 0.6 is 12.2 Å². The maximum absolute atomic E-state index is 12.1. The van der Waals surface area contributed by atoms with Crippen LogP contribution in [0.2, 0.25) is 0 Å². The molecule has 0 aliphatic rings. The molecular formula is C13H9N5OS. The summed E-state index contributed by atoms with van der Waals surface area (Å²) in [7, 11) is 0. The van der Waals surface area contributed by atoms with Gasteiger partial charge in [-0.25, -0.2) is 5.10 Å². The van der Waals surface area contributed by atoms with Gasteiger partial charge in [0.2, 0.25) is 10.5 Å². The highest BCUT2D eigenvalue weighted by Gasteiger charge is 2.14. The standard InChI is InChI=1S/C13H9N5OS/c19-11-9-10(18-12(15-11)16-17-13(18)20)8(6-14-9)7-4-2-1-3-5-7/h1-6,14H,(H,17,20)(H,15,16,19). The summed E-state index contributed by atoms with van der Waals surface area (Å²) in [5.74, 6) is 0.407. The first-order valence-electron chi connectivity index (χ1n) is 6.01. The fourth-order valence-corrected chi connectivity index (χ4v) is 2.63. The van der Waals surface area contributed by atoms with Gasteiger partial charge in [0.25, 0.3) is 5.56 Å². The lowest BCUT2D eigenvalue weighted by Crippen LogP contribution is -2.09. The maximum atomic E-state index is 12.1. The van der Waals surface area contributed by atoms with Gasteiger partial charge in [-0.1, -0.05) is 30.3 Å². The summed E-state index contributed by atoms with van der Waals surface area (Å²) in [6.07, 6.45) is 1.81. The molecule has 0 fully saturated rings. The van der Waals surface area contributed by atoms with Crippen molar-refractivity contribution < 1.29 is 0 Å². The zero-order valence-electron chi connectivity index (χ0n) is 10.2. The molecule has 3 aromatic heterocycles. The molecule has 4 aromatic rings. The molecule has 0 radical (unpaired) electrons. The molecule has 0 saturated carbocycles. The van der Waals surface area contributed by atoms with Crippen LogP contribution in [-0.4, -0.2) is 24.6 Å². The van der Waals surface area contributed by atoms with Gasteiger partial charge in [0.15, 0.2) is 0 Å². The van der Waals surface area contributed by atoms with Gasteiger partial charge >= 0.3 is 0 Å². The number of nitrogens with zero attached hydrogens (tertiary/aromatic N) is 2. The summed E-state index contributed by atoms with van der Waals surface area (Å²) in [6.45, 7) is 0. The van der Waals surface area contributed by atoms with Crippen LogP contribution < -0.4 is 5.56 Å². The van der Waals surface area contributed by atoms with Gasteiger partial charge in [-0.15, -0.1) is 5.10 Å². The topological polar surface area (TPSA) is 81.7 Å². The molecule has 6 nitrogen and oxygen atoms in total. The van der Waals surface area contributed by atoms with Crippen molar-refractivity contribution in [3.05, 3.63) is 51.7 Å². The average molecular weight is 283 g/mol. The molecular weight excluding hydrogens is 274 g/mol. The third kappa shape index (κ3) is 1.41. The number of aromatic nitrogens is 5. The summed E-state index contributed by atoms with van der Waals surface area (Å²) < 4.78 is 2.17. The summed E-state index contributed by atoms with van der Waals surface area (Å²) in [5, 5.41) is 6.72. The molecule has 7 heteroatoms. The van der Waals surface area contributed by atoms with Gasteiger partial charge in [0.05, 0.1) is 5.52 Å². The van der Waals surface area contributed by atoms with Crippen molar-refractivity contribution in [3.63, 3.8) is 0 Å². The van der Waals surface area contributed by atoms with E-state index in [0.717, 1.165) is 16.6 Å². The lowest BCUT2D eigenvalue weighted by Gasteiger charge is -2.01. The molecule has 0 unspecified atom stereocenters. The van der Waals surface area contributed by atoms with Crippen LogP contribution in [0.1, 0.15) is 0 Å². The highest BCUT2D eigenvalue weighted by Crippen LogP contribution is 2.26. The highest BCUT2D eigenvalue weighted by atomic mass is 32.1. The predicted octanol–water partition coefficient (Wildman–Crippen LogP) is 2.23. The van der Waals surface area contributed by atoms with Gasteiger partial charge in [-0.3, -0.25) is 14.2 Å². The molecule has 0 spiro atoms. The number of fused-ring (bicyclic) bond motifs is 3. The van der Waals surface area contributed by atoms with E-state index in [1.165, 1.54) is 0 Å². The molecule has 0 aliphatic heterocycles. The first-order valence-corrected chi connectivity index (χ1v) is 6.42. The number of aromatic amines is 3. The Morgan fingerprint density at radius 3 is 2.80 bits per heavy atom. The molecule has 3 heterocycles. The monoisotopic (exact) mass is 283 g/mol. The first-order chi connectivity index (χ1) is 9.75. The van der Waals surface area contributed by atoms with E-state index in [-0.39, 0.29) is 5.56 Å². The van der Waals surface area contributed by atoms with Crippen LogP contribution in [0.5, 0.6) is 0 Å². The van der Waals surface area contributed by atoms with Crippen molar-refractivity contribution in [1.29, 1.82) is 0 Å². The van der Waals surface area contributed by atoms with E-state index < -0.39 is 0 Å². The Kier molecular flexibility index (Phi) is 2.19. The SMILES string of the molecule is O=c1[nH]c2n[nH]c(=S)n2c2c(-c3ccccc3)c[nH]c12. The van der Waals surface area contributed by atoms with Crippen molar-refractivity contribution in [2.24, 2.45) is 0 Å². The van der Waals surface area contributed by atoms with Gasteiger partial charge in [-0.05, 0) is 17.8 Å². The maximum Gasteiger partial charge on any atom is 0.276 e. The summed E-state index contributed by atoms with van der Waals surface area (Å²) in [5.41, 5.74) is 2.91. The Bertz CT molecular complexity index is 1040. The van der Waals surface area contributed by atoms with Crippen LogP contribution in [0.15, 0.2) is 41.3 Å². The van der Waals surface area contributed by atoms with Crippen LogP contribution in [0.4, 0.5) is 0 Å². The second kappa shape index (κ2) is 3.91. The van der Waals surface area contributed by atoms with E-state index in [9.17, 15) is 4.79 Å². The second-order valence-electron chi connectivity index (χ2n) is 4.43. The number of hydrogen-bond acceptors (Lipinski definition) is 3. The van der Waals surface area contributed by atoms with E-state index in [1.54, 1.807) is 4.40 Å². The summed E-state index contributed by atoms with van der Waals surface area (Å²) in [4.78, 5) is 17.8. The summed E-state index contributed by atoms with van der Waals surface area (Å²) >= 11 is 5.24. The smallest absolute Gasteiger partial charge is 0.276 e. The van der Waals surface area contributed by atoms with Crippen LogP contribution in [0.3, 0.4) is 0 Å². The van der Waals surface area contributed by atoms with Crippen molar-refractivity contribution in [2.45, 2.75) is 0 Å². The summed E-state index contributed by atoms with van der Waals surface area (Å²) in [6, 6.07) is 9.82. The van der Waals surface area contributed by atoms with E-state index in [4.69, 9.17) is 12.2 Å². The minimum absolute atomic E-state index is 0.219. The molecule has 0 amide bonds. The largest absolute Gasteiger partial charge is 0.355 e. The zero-order valence-corrected chi connectivity index (χ0v) is 11.0. The fraction of sp³-hybridized carbons (Fsp3) is 0. The minimum Gasteiger partial charge on any atom is -0.355 e. The number of benzene rings is 1. The van der Waals surface area contributed by atoms with Crippen molar-refractivity contribution in [1.82, 2.24) is 24.6 Å². The molecule has 0 bridgehead atoms. The van der Waals surface area contributed by atoms with Crippen LogP contribution in [-0.2, 0) is 0 Å². The predicted molar refractivity (Wildman–Crippen MR) is 78.3 cm³/mol. The zero-order chi connectivity index (χ0) is 13.7. The number of rotatable bonds is 1. The minimum atomic E-state index is -0.219. The third-order valence-electron chi connectivity index (χ3n) is 3.29. The Balaban J connectivity index is 2.27. The van der Waals surface area contributed by atoms with Gasteiger partial charge in [0.1, 0.15) is 5.52 Å². The normalized spacial score (nSPS) is 11.4. The molecule has 98 valence electrons. The third-order valence-corrected chi connectivity index (χ3v) is 3.56.